The van der Waals surface area contributed by atoms with Crippen LogP contribution in [0.4, 0.5) is 0 Å². The van der Waals surface area contributed by atoms with Crippen LogP contribution in [0.2, 0.25) is 0 Å². The van der Waals surface area contributed by atoms with Crippen LogP contribution >= 0.6 is 0 Å². The van der Waals surface area contributed by atoms with Gasteiger partial charge in [0.05, 0.1) is 18.7 Å². The largest absolute Gasteiger partial charge is 0.497 e. The summed E-state index contributed by atoms with van der Waals surface area (Å²) in [6.45, 7) is 2.09. The molecule has 0 saturated carbocycles. The van der Waals surface area contributed by atoms with Gasteiger partial charge in [0.1, 0.15) is 5.75 Å². The average molecular weight is 267 g/mol. The number of rotatable bonds is 1. The van der Waals surface area contributed by atoms with Gasteiger partial charge in [-0.1, -0.05) is 30.3 Å². The minimum atomic E-state index is -0.457. The lowest BCUT2D eigenvalue weighted by molar-refractivity contribution is -0.183. The molecule has 2 aliphatic heterocycles. The summed E-state index contributed by atoms with van der Waals surface area (Å²) in [4.78, 5) is 0. The van der Waals surface area contributed by atoms with Crippen LogP contribution in [0, 0.1) is 0 Å². The normalized spacial score (nSPS) is 27.1. The molecule has 0 amide bonds. The molecule has 20 heavy (non-hydrogen) atoms. The van der Waals surface area contributed by atoms with Crippen molar-refractivity contribution >= 4 is 0 Å². The molecule has 102 valence electrons. The molecule has 2 aromatic rings. The Morgan fingerprint density at radius 1 is 1.20 bits per heavy atom. The summed E-state index contributed by atoms with van der Waals surface area (Å²) in [5, 5.41) is 12.2. The van der Waals surface area contributed by atoms with Crippen LogP contribution in [0.25, 0.3) is 0 Å². The van der Waals surface area contributed by atoms with Gasteiger partial charge in [0.2, 0.25) is 0 Å². The van der Waals surface area contributed by atoms with Crippen molar-refractivity contribution in [2.45, 2.75) is 24.9 Å². The molecule has 2 aromatic carbocycles. The molecule has 0 fully saturated rings. The fourth-order valence-corrected chi connectivity index (χ4v) is 3.81. The molecule has 4 rings (SSSR count). The maximum absolute atomic E-state index is 10.7. The highest BCUT2D eigenvalue weighted by atomic mass is 16.5. The van der Waals surface area contributed by atoms with Gasteiger partial charge in [0, 0.05) is 0 Å². The zero-order valence-corrected chi connectivity index (χ0v) is 11.6. The first-order valence-electron chi connectivity index (χ1n) is 6.91. The van der Waals surface area contributed by atoms with E-state index in [1.807, 2.05) is 18.2 Å². The number of fused-ring (bicyclic) bond motifs is 7. The fourth-order valence-electron chi connectivity index (χ4n) is 3.81. The number of ether oxygens (including phenoxy) is 1. The van der Waals surface area contributed by atoms with E-state index in [0.29, 0.717) is 0 Å². The number of hydrogen-bond donors (Lipinski definition) is 1. The molecule has 2 unspecified atom stereocenters. The Bertz CT molecular complexity index is 697. The van der Waals surface area contributed by atoms with Gasteiger partial charge in [-0.15, -0.1) is 0 Å². The Morgan fingerprint density at radius 2 is 2.00 bits per heavy atom. The summed E-state index contributed by atoms with van der Waals surface area (Å²) in [5.41, 5.74) is 4.41. The van der Waals surface area contributed by atoms with Gasteiger partial charge in [0.15, 0.2) is 0 Å². The van der Waals surface area contributed by atoms with Gasteiger partial charge in [-0.3, -0.25) is 0 Å². The van der Waals surface area contributed by atoms with Gasteiger partial charge in [-0.05, 0) is 47.7 Å². The smallest absolute Gasteiger partial charge is 0.119 e. The standard InChI is InChI=1S/C17H17NO2/c1-17-14-8-7-12(20-2)9-11(14)10-16(18(17)19)13-5-3-4-6-15(13)17/h3-9,16,19H,10H2,1-2H3. The summed E-state index contributed by atoms with van der Waals surface area (Å²) in [7, 11) is 1.69. The Balaban J connectivity index is 2.00. The van der Waals surface area contributed by atoms with Crippen molar-refractivity contribution in [1.82, 2.24) is 5.06 Å². The zero-order valence-electron chi connectivity index (χ0n) is 11.6. The van der Waals surface area contributed by atoms with Crippen molar-refractivity contribution in [1.29, 1.82) is 0 Å². The molecular weight excluding hydrogens is 250 g/mol. The predicted molar refractivity (Wildman–Crippen MR) is 76.0 cm³/mol. The Hall–Kier alpha value is -1.84. The molecule has 0 radical (unpaired) electrons. The second kappa shape index (κ2) is 3.84. The van der Waals surface area contributed by atoms with E-state index >= 15 is 0 Å². The van der Waals surface area contributed by atoms with E-state index in [-0.39, 0.29) is 6.04 Å². The van der Waals surface area contributed by atoms with Crippen molar-refractivity contribution in [2.75, 3.05) is 7.11 Å². The Kier molecular flexibility index (Phi) is 2.29. The summed E-state index contributed by atoms with van der Waals surface area (Å²) in [6, 6.07) is 14.5. The molecule has 2 atom stereocenters. The SMILES string of the molecule is COc1ccc2c(c1)CC1c3ccccc3C2(C)N1O. The number of methoxy groups -OCH3 is 1. The molecule has 3 nitrogen and oxygen atoms in total. The van der Waals surface area contributed by atoms with Crippen molar-refractivity contribution in [3.8, 4) is 5.75 Å². The van der Waals surface area contributed by atoms with Gasteiger partial charge in [-0.25, -0.2) is 0 Å². The van der Waals surface area contributed by atoms with E-state index in [1.54, 1.807) is 7.11 Å². The topological polar surface area (TPSA) is 32.7 Å². The minimum absolute atomic E-state index is 0.0378. The molecule has 3 heteroatoms. The first kappa shape index (κ1) is 11.9. The van der Waals surface area contributed by atoms with Crippen molar-refractivity contribution in [3.63, 3.8) is 0 Å². The van der Waals surface area contributed by atoms with Crippen LogP contribution in [-0.2, 0) is 12.0 Å². The van der Waals surface area contributed by atoms with Crippen LogP contribution < -0.4 is 4.74 Å². The van der Waals surface area contributed by atoms with Crippen LogP contribution in [0.5, 0.6) is 5.75 Å². The van der Waals surface area contributed by atoms with Gasteiger partial charge >= 0.3 is 0 Å². The second-order valence-corrected chi connectivity index (χ2v) is 5.75. The quantitative estimate of drug-likeness (QED) is 0.860. The van der Waals surface area contributed by atoms with Gasteiger partial charge in [0.25, 0.3) is 0 Å². The van der Waals surface area contributed by atoms with Crippen LogP contribution in [0.3, 0.4) is 0 Å². The van der Waals surface area contributed by atoms with E-state index in [1.165, 1.54) is 27.3 Å². The van der Waals surface area contributed by atoms with Crippen LogP contribution in [0.15, 0.2) is 42.5 Å². The van der Waals surface area contributed by atoms with E-state index in [0.717, 1.165) is 12.2 Å². The summed E-state index contributed by atoms with van der Waals surface area (Å²) in [6.07, 6.45) is 0.815. The van der Waals surface area contributed by atoms with Crippen molar-refractivity contribution < 1.29 is 9.94 Å². The van der Waals surface area contributed by atoms with Crippen molar-refractivity contribution in [2.24, 2.45) is 0 Å². The molecule has 0 aromatic heterocycles. The molecule has 0 spiro atoms. The van der Waals surface area contributed by atoms with Gasteiger partial charge in [-0.2, -0.15) is 5.06 Å². The number of hydrogen-bond acceptors (Lipinski definition) is 3. The summed E-state index contributed by atoms with van der Waals surface area (Å²) < 4.78 is 5.33. The first-order chi connectivity index (χ1) is 9.66. The molecular formula is C17H17NO2. The zero-order chi connectivity index (χ0) is 13.9. The number of benzene rings is 2. The number of nitrogens with zero attached hydrogens (tertiary/aromatic N) is 1. The molecule has 2 bridgehead atoms. The Labute approximate surface area is 118 Å². The van der Waals surface area contributed by atoms with Gasteiger partial charge < -0.3 is 9.94 Å². The summed E-state index contributed by atoms with van der Waals surface area (Å²) in [5.74, 6) is 0.877. The molecule has 0 saturated heterocycles. The average Bonchev–Trinajstić information content (AvgIpc) is 2.64. The maximum Gasteiger partial charge on any atom is 0.119 e. The van der Waals surface area contributed by atoms with E-state index in [9.17, 15) is 5.21 Å². The van der Waals surface area contributed by atoms with E-state index in [2.05, 4.69) is 31.2 Å². The third-order valence-corrected chi connectivity index (χ3v) is 4.85. The third-order valence-electron chi connectivity index (χ3n) is 4.85. The fraction of sp³-hybridized carbons (Fsp3) is 0.294. The molecule has 0 aliphatic carbocycles. The third kappa shape index (κ3) is 1.27. The second-order valence-electron chi connectivity index (χ2n) is 5.75. The first-order valence-corrected chi connectivity index (χ1v) is 6.91. The van der Waals surface area contributed by atoms with Crippen molar-refractivity contribution in [3.05, 3.63) is 64.7 Å². The van der Waals surface area contributed by atoms with Crippen LogP contribution in [-0.4, -0.2) is 17.4 Å². The van der Waals surface area contributed by atoms with E-state index in [4.69, 9.17) is 4.74 Å². The highest BCUT2D eigenvalue weighted by Gasteiger charge is 2.52. The highest BCUT2D eigenvalue weighted by Crippen LogP contribution is 2.54. The maximum atomic E-state index is 10.7. The lowest BCUT2D eigenvalue weighted by atomic mass is 9.82. The predicted octanol–water partition coefficient (Wildman–Crippen LogP) is 3.26. The highest BCUT2D eigenvalue weighted by molar-refractivity contribution is 5.55. The Morgan fingerprint density at radius 3 is 2.80 bits per heavy atom. The lowest BCUT2D eigenvalue weighted by Gasteiger charge is -2.40. The number of hydroxylamine groups is 2. The van der Waals surface area contributed by atoms with E-state index < -0.39 is 5.54 Å². The monoisotopic (exact) mass is 267 g/mol. The molecule has 2 heterocycles. The molecule has 2 aliphatic rings. The molecule has 1 N–H and O–H groups in total. The lowest BCUT2D eigenvalue weighted by Crippen LogP contribution is -2.43. The van der Waals surface area contributed by atoms with Crippen LogP contribution in [0.1, 0.15) is 35.2 Å². The summed E-state index contributed by atoms with van der Waals surface area (Å²) >= 11 is 0. The minimum Gasteiger partial charge on any atom is -0.497 e.